The quantitative estimate of drug-likeness (QED) is 0.110. The van der Waals surface area contributed by atoms with Crippen molar-refractivity contribution < 1.29 is 14.1 Å². The number of nitro benzene ring substituents is 1. The van der Waals surface area contributed by atoms with Crippen molar-refractivity contribution in [3.8, 4) is 11.4 Å². The third-order valence-electron chi connectivity index (χ3n) is 7.57. The van der Waals surface area contributed by atoms with Crippen molar-refractivity contribution >= 4 is 29.0 Å². The molecule has 0 spiro atoms. The third-order valence-corrected chi connectivity index (χ3v) is 8.60. The molecule has 2 heterocycles. The summed E-state index contributed by atoms with van der Waals surface area (Å²) in [4.78, 5) is 27.7. The predicted molar refractivity (Wildman–Crippen MR) is 168 cm³/mol. The zero-order valence-electron chi connectivity index (χ0n) is 23.8. The fourth-order valence-electron chi connectivity index (χ4n) is 5.18. The molecule has 222 valence electrons. The van der Waals surface area contributed by atoms with Gasteiger partial charge in [0, 0.05) is 55.2 Å². The lowest BCUT2D eigenvalue weighted by Crippen LogP contribution is -2.49. The molecule has 1 fully saturated rings. The van der Waals surface area contributed by atoms with Crippen LogP contribution >= 0.6 is 11.8 Å². The molecule has 0 unspecified atom stereocenters. The van der Waals surface area contributed by atoms with Gasteiger partial charge in [0.05, 0.1) is 17.2 Å². The van der Waals surface area contributed by atoms with Gasteiger partial charge < -0.3 is 9.80 Å². The summed E-state index contributed by atoms with van der Waals surface area (Å²) in [5.74, 6) is 0.958. The van der Waals surface area contributed by atoms with Crippen LogP contribution < -0.4 is 4.90 Å². The number of hydrogen-bond acceptors (Lipinski definition) is 7. The van der Waals surface area contributed by atoms with Crippen LogP contribution in [0.5, 0.6) is 0 Å². The second-order valence-electron chi connectivity index (χ2n) is 10.4. The highest BCUT2D eigenvalue weighted by atomic mass is 32.2. The van der Waals surface area contributed by atoms with E-state index in [4.69, 9.17) is 0 Å². The molecule has 44 heavy (non-hydrogen) atoms. The van der Waals surface area contributed by atoms with Crippen LogP contribution in [-0.2, 0) is 12.3 Å². The van der Waals surface area contributed by atoms with Gasteiger partial charge in [0.15, 0.2) is 11.0 Å². The van der Waals surface area contributed by atoms with E-state index in [0.717, 1.165) is 21.8 Å². The van der Waals surface area contributed by atoms with Crippen molar-refractivity contribution in [2.75, 3.05) is 31.1 Å². The summed E-state index contributed by atoms with van der Waals surface area (Å²) >= 11 is 1.53. The van der Waals surface area contributed by atoms with Gasteiger partial charge in [-0.05, 0) is 47.5 Å². The molecule has 0 aliphatic carbocycles. The molecule has 6 rings (SSSR count). The van der Waals surface area contributed by atoms with Gasteiger partial charge in [-0.2, -0.15) is 0 Å². The fraction of sp³-hybridized carbons (Fsp3) is 0.182. The molecule has 0 saturated carbocycles. The molecule has 4 aromatic carbocycles. The van der Waals surface area contributed by atoms with Crippen LogP contribution in [0.3, 0.4) is 0 Å². The highest BCUT2D eigenvalue weighted by Crippen LogP contribution is 2.29. The van der Waals surface area contributed by atoms with Crippen molar-refractivity contribution in [3.05, 3.63) is 136 Å². The molecule has 1 saturated heterocycles. The number of rotatable bonds is 9. The van der Waals surface area contributed by atoms with E-state index < -0.39 is 4.92 Å². The van der Waals surface area contributed by atoms with E-state index >= 15 is 0 Å². The van der Waals surface area contributed by atoms with Gasteiger partial charge in [0.2, 0.25) is 0 Å². The molecule has 0 N–H and O–H groups in total. The van der Waals surface area contributed by atoms with Crippen molar-refractivity contribution in [2.24, 2.45) is 0 Å². The second kappa shape index (κ2) is 13.1. The van der Waals surface area contributed by atoms with E-state index in [0.29, 0.717) is 55.6 Å². The SMILES string of the molecule is O=C(c1ccc(CSc2nnc(-c3ccc([N+](=O)[O-])cc3)n2Cc2ccccc2)cc1)N1CCN(c2ccccc2F)CC1. The number of nitro groups is 1. The monoisotopic (exact) mass is 608 g/mol. The molecular formula is C33H29FN6O3S. The van der Waals surface area contributed by atoms with Crippen molar-refractivity contribution in [2.45, 2.75) is 17.5 Å². The molecule has 1 aromatic heterocycles. The van der Waals surface area contributed by atoms with E-state index in [2.05, 4.69) is 10.2 Å². The first kappa shape index (κ1) is 29.1. The van der Waals surface area contributed by atoms with Crippen molar-refractivity contribution in [1.29, 1.82) is 0 Å². The standard InChI is InChI=1S/C33H29FN6O3S/c34-29-8-4-5-9-30(29)37-18-20-38(21-19-37)32(41)27-12-10-25(11-13-27)23-44-33-36-35-31(26-14-16-28(17-15-26)40(42)43)39(33)22-24-6-2-1-3-7-24/h1-17H,18-23H2. The first-order chi connectivity index (χ1) is 21.5. The van der Waals surface area contributed by atoms with Crippen LogP contribution in [0.4, 0.5) is 15.8 Å². The van der Waals surface area contributed by atoms with Gasteiger partial charge in [0.1, 0.15) is 5.82 Å². The molecule has 0 atom stereocenters. The fourth-order valence-corrected chi connectivity index (χ4v) is 6.08. The van der Waals surface area contributed by atoms with Gasteiger partial charge in [0.25, 0.3) is 11.6 Å². The number of carbonyl (C=O) groups excluding carboxylic acids is 1. The first-order valence-electron chi connectivity index (χ1n) is 14.2. The molecule has 1 amide bonds. The van der Waals surface area contributed by atoms with Crippen LogP contribution in [0.2, 0.25) is 0 Å². The van der Waals surface area contributed by atoms with Gasteiger partial charge in [-0.15, -0.1) is 10.2 Å². The van der Waals surface area contributed by atoms with Crippen LogP contribution in [0.25, 0.3) is 11.4 Å². The number of halogens is 1. The molecule has 5 aromatic rings. The zero-order valence-corrected chi connectivity index (χ0v) is 24.6. The minimum atomic E-state index is -0.424. The number of nitrogens with zero attached hydrogens (tertiary/aromatic N) is 6. The van der Waals surface area contributed by atoms with Gasteiger partial charge in [-0.3, -0.25) is 19.5 Å². The minimum Gasteiger partial charge on any atom is -0.366 e. The number of anilines is 1. The number of piperazine rings is 1. The number of aromatic nitrogens is 3. The Morgan fingerprint density at radius 2 is 1.50 bits per heavy atom. The van der Waals surface area contributed by atoms with Gasteiger partial charge in [-0.25, -0.2) is 4.39 Å². The van der Waals surface area contributed by atoms with Gasteiger partial charge in [-0.1, -0.05) is 66.4 Å². The van der Waals surface area contributed by atoms with E-state index in [9.17, 15) is 19.3 Å². The van der Waals surface area contributed by atoms with Gasteiger partial charge >= 0.3 is 0 Å². The Hall–Kier alpha value is -5.03. The molecular weight excluding hydrogens is 579 g/mol. The summed E-state index contributed by atoms with van der Waals surface area (Å²) in [6.45, 7) is 2.75. The largest absolute Gasteiger partial charge is 0.366 e. The maximum atomic E-state index is 14.2. The lowest BCUT2D eigenvalue weighted by Gasteiger charge is -2.36. The number of non-ortho nitro benzene ring substituents is 1. The Labute approximate surface area is 258 Å². The lowest BCUT2D eigenvalue weighted by molar-refractivity contribution is -0.384. The number of thioether (sulfide) groups is 1. The third kappa shape index (κ3) is 6.47. The average Bonchev–Trinajstić information content (AvgIpc) is 3.46. The van der Waals surface area contributed by atoms with E-state index in [1.165, 1.54) is 30.0 Å². The zero-order chi connectivity index (χ0) is 30.5. The molecule has 1 aliphatic heterocycles. The van der Waals surface area contributed by atoms with Crippen molar-refractivity contribution in [3.63, 3.8) is 0 Å². The smallest absolute Gasteiger partial charge is 0.269 e. The van der Waals surface area contributed by atoms with Crippen molar-refractivity contribution in [1.82, 2.24) is 19.7 Å². The Morgan fingerprint density at radius 3 is 2.18 bits per heavy atom. The minimum absolute atomic E-state index is 0.0178. The van der Waals surface area contributed by atoms with Crippen LogP contribution in [-0.4, -0.2) is 56.7 Å². The summed E-state index contributed by atoms with van der Waals surface area (Å²) in [5.41, 5.74) is 4.05. The lowest BCUT2D eigenvalue weighted by atomic mass is 10.1. The number of benzene rings is 4. The summed E-state index contributed by atoms with van der Waals surface area (Å²) in [6.07, 6.45) is 0. The first-order valence-corrected chi connectivity index (χ1v) is 15.2. The number of hydrogen-bond donors (Lipinski definition) is 0. The second-order valence-corrected chi connectivity index (χ2v) is 11.3. The summed E-state index contributed by atoms with van der Waals surface area (Å²) in [6, 6.07) is 30.6. The van der Waals surface area contributed by atoms with Crippen LogP contribution in [0.1, 0.15) is 21.5 Å². The molecule has 1 aliphatic rings. The van der Waals surface area contributed by atoms with Crippen LogP contribution in [0.15, 0.2) is 108 Å². The number of amides is 1. The van der Waals surface area contributed by atoms with E-state index in [1.807, 2.05) is 75.0 Å². The average molecular weight is 609 g/mol. The van der Waals surface area contributed by atoms with E-state index in [-0.39, 0.29) is 17.4 Å². The highest BCUT2D eigenvalue weighted by Gasteiger charge is 2.24. The molecule has 9 nitrogen and oxygen atoms in total. The maximum absolute atomic E-state index is 14.2. The normalized spacial score (nSPS) is 13.2. The Bertz CT molecular complexity index is 1760. The molecule has 0 radical (unpaired) electrons. The summed E-state index contributed by atoms with van der Waals surface area (Å²) < 4.78 is 16.2. The number of carbonyl (C=O) groups is 1. The Morgan fingerprint density at radius 1 is 0.818 bits per heavy atom. The Balaban J connectivity index is 1.12. The predicted octanol–water partition coefficient (Wildman–Crippen LogP) is 6.30. The molecule has 11 heteroatoms. The van der Waals surface area contributed by atoms with Crippen LogP contribution in [0, 0.1) is 15.9 Å². The number of para-hydroxylation sites is 1. The topological polar surface area (TPSA) is 97.4 Å². The molecule has 0 bridgehead atoms. The summed E-state index contributed by atoms with van der Waals surface area (Å²) in [5, 5.41) is 20.7. The highest BCUT2D eigenvalue weighted by molar-refractivity contribution is 7.98. The summed E-state index contributed by atoms with van der Waals surface area (Å²) in [7, 11) is 0. The Kier molecular flexibility index (Phi) is 8.64. The van der Waals surface area contributed by atoms with E-state index in [1.54, 1.807) is 24.3 Å². The maximum Gasteiger partial charge on any atom is 0.269 e.